The Bertz CT molecular complexity index is 204. The van der Waals surface area contributed by atoms with E-state index in [0.717, 1.165) is 6.42 Å². The van der Waals surface area contributed by atoms with Crippen molar-refractivity contribution in [2.75, 3.05) is 0 Å². The number of rotatable bonds is 2. The van der Waals surface area contributed by atoms with Gasteiger partial charge in [-0.05, 0) is 19.3 Å². The topological polar surface area (TPSA) is 93.1 Å². The normalized spacial score (nSPS) is 26.6. The molecule has 14 heavy (non-hydrogen) atoms. The van der Waals surface area contributed by atoms with Gasteiger partial charge in [0.05, 0.1) is 0 Å². The van der Waals surface area contributed by atoms with Crippen LogP contribution in [-0.4, -0.2) is 34.7 Å². The average Bonchev–Trinajstić information content (AvgIpc) is 2.01. The van der Waals surface area contributed by atoms with Gasteiger partial charge in [0.15, 0.2) is 0 Å². The molecular formula is C8H12O6. The van der Waals surface area contributed by atoms with E-state index in [9.17, 15) is 9.59 Å². The molecule has 2 atom stereocenters. The van der Waals surface area contributed by atoms with Crippen molar-refractivity contribution in [1.29, 1.82) is 0 Å². The quantitative estimate of drug-likeness (QED) is 0.665. The Morgan fingerprint density at radius 2 is 1.43 bits per heavy atom. The van der Waals surface area contributed by atoms with Crippen molar-refractivity contribution >= 4 is 12.3 Å². The molecule has 1 aliphatic carbocycles. The summed E-state index contributed by atoms with van der Waals surface area (Å²) in [5, 5.41) is 16.7. The van der Waals surface area contributed by atoms with Crippen LogP contribution in [0.4, 0.5) is 9.59 Å². The molecule has 0 aromatic carbocycles. The van der Waals surface area contributed by atoms with E-state index in [0.29, 0.717) is 19.3 Å². The van der Waals surface area contributed by atoms with E-state index in [-0.39, 0.29) is 0 Å². The molecule has 1 aliphatic rings. The van der Waals surface area contributed by atoms with E-state index in [4.69, 9.17) is 10.2 Å². The Kier molecular flexibility index (Phi) is 3.55. The van der Waals surface area contributed by atoms with E-state index in [1.807, 2.05) is 0 Å². The molecule has 1 rings (SSSR count). The van der Waals surface area contributed by atoms with Crippen molar-refractivity contribution in [1.82, 2.24) is 0 Å². The van der Waals surface area contributed by atoms with Crippen LogP contribution in [0.3, 0.4) is 0 Å². The van der Waals surface area contributed by atoms with Gasteiger partial charge < -0.3 is 19.7 Å². The van der Waals surface area contributed by atoms with Crippen LogP contribution < -0.4 is 0 Å². The summed E-state index contributed by atoms with van der Waals surface area (Å²) >= 11 is 0. The molecule has 6 heteroatoms. The lowest BCUT2D eigenvalue weighted by molar-refractivity contribution is -0.0179. The zero-order chi connectivity index (χ0) is 10.6. The van der Waals surface area contributed by atoms with Gasteiger partial charge in [-0.2, -0.15) is 0 Å². The summed E-state index contributed by atoms with van der Waals surface area (Å²) in [7, 11) is 0. The van der Waals surface area contributed by atoms with Crippen molar-refractivity contribution in [3.8, 4) is 0 Å². The maximum atomic E-state index is 10.2. The number of carboxylic acid groups (broad SMARTS) is 2. The Labute approximate surface area is 80.4 Å². The van der Waals surface area contributed by atoms with Gasteiger partial charge in [-0.1, -0.05) is 0 Å². The lowest BCUT2D eigenvalue weighted by atomic mass is 9.95. The standard InChI is InChI=1S/C8H12O6/c9-7(10)13-5-2-1-3-6(4-5)14-8(11)12/h5-6H,1-4H2,(H,9,10)(H,11,12)/t5-,6-/m1/s1. The van der Waals surface area contributed by atoms with Crippen molar-refractivity contribution in [2.24, 2.45) is 0 Å². The summed E-state index contributed by atoms with van der Waals surface area (Å²) in [5.41, 5.74) is 0. The lowest BCUT2D eigenvalue weighted by Crippen LogP contribution is -2.30. The number of hydrogen-bond acceptors (Lipinski definition) is 4. The molecule has 0 bridgehead atoms. The fourth-order valence-electron chi connectivity index (χ4n) is 1.60. The van der Waals surface area contributed by atoms with Gasteiger partial charge >= 0.3 is 12.3 Å². The summed E-state index contributed by atoms with van der Waals surface area (Å²) in [5.74, 6) is 0. The monoisotopic (exact) mass is 204 g/mol. The molecule has 0 saturated heterocycles. The first-order valence-corrected chi connectivity index (χ1v) is 4.37. The third kappa shape index (κ3) is 3.51. The second-order valence-electron chi connectivity index (χ2n) is 3.18. The van der Waals surface area contributed by atoms with E-state index in [1.165, 1.54) is 0 Å². The minimum Gasteiger partial charge on any atom is -0.450 e. The van der Waals surface area contributed by atoms with Crippen molar-refractivity contribution < 1.29 is 29.3 Å². The molecule has 0 aromatic heterocycles. The Balaban J connectivity index is 2.35. The molecular weight excluding hydrogens is 192 g/mol. The first-order valence-electron chi connectivity index (χ1n) is 4.37. The number of hydrogen-bond donors (Lipinski definition) is 2. The van der Waals surface area contributed by atoms with Gasteiger partial charge in [-0.15, -0.1) is 0 Å². The van der Waals surface area contributed by atoms with E-state index < -0.39 is 24.5 Å². The molecule has 1 fully saturated rings. The van der Waals surface area contributed by atoms with E-state index >= 15 is 0 Å². The molecule has 0 spiro atoms. The van der Waals surface area contributed by atoms with Crippen molar-refractivity contribution in [3.05, 3.63) is 0 Å². The summed E-state index contributed by atoms with van der Waals surface area (Å²) in [4.78, 5) is 20.4. The van der Waals surface area contributed by atoms with Gasteiger partial charge in [0.1, 0.15) is 12.2 Å². The maximum absolute atomic E-state index is 10.2. The third-order valence-corrected chi connectivity index (χ3v) is 2.11. The molecule has 0 amide bonds. The largest absolute Gasteiger partial charge is 0.506 e. The summed E-state index contributed by atoms with van der Waals surface area (Å²) in [6.45, 7) is 0. The number of ether oxygens (including phenoxy) is 2. The van der Waals surface area contributed by atoms with Crippen LogP contribution in [0.2, 0.25) is 0 Å². The van der Waals surface area contributed by atoms with Gasteiger partial charge in [-0.25, -0.2) is 9.59 Å². The maximum Gasteiger partial charge on any atom is 0.506 e. The second kappa shape index (κ2) is 4.69. The average molecular weight is 204 g/mol. The predicted molar refractivity (Wildman–Crippen MR) is 44.3 cm³/mol. The third-order valence-electron chi connectivity index (χ3n) is 2.11. The van der Waals surface area contributed by atoms with E-state index in [1.54, 1.807) is 0 Å². The Hall–Kier alpha value is -1.46. The van der Waals surface area contributed by atoms with Crippen LogP contribution in [0.5, 0.6) is 0 Å². The van der Waals surface area contributed by atoms with Gasteiger partial charge in [0.2, 0.25) is 0 Å². The molecule has 0 heterocycles. The second-order valence-corrected chi connectivity index (χ2v) is 3.18. The molecule has 6 nitrogen and oxygen atoms in total. The molecule has 0 unspecified atom stereocenters. The lowest BCUT2D eigenvalue weighted by Gasteiger charge is -2.26. The van der Waals surface area contributed by atoms with Crippen LogP contribution >= 0.6 is 0 Å². The van der Waals surface area contributed by atoms with Gasteiger partial charge in [0.25, 0.3) is 0 Å². The first-order chi connectivity index (χ1) is 6.58. The fourth-order valence-corrected chi connectivity index (χ4v) is 1.60. The van der Waals surface area contributed by atoms with Crippen LogP contribution in [0.25, 0.3) is 0 Å². The SMILES string of the molecule is O=C(O)O[C@@H]1CCC[C@@H](OC(=O)O)C1. The molecule has 0 radical (unpaired) electrons. The summed E-state index contributed by atoms with van der Waals surface area (Å²) in [6.07, 6.45) is -1.24. The number of carbonyl (C=O) groups is 2. The minimum absolute atomic E-state index is 0.318. The smallest absolute Gasteiger partial charge is 0.450 e. The summed E-state index contributed by atoms with van der Waals surface area (Å²) < 4.78 is 9.09. The van der Waals surface area contributed by atoms with Gasteiger partial charge in [0, 0.05) is 6.42 Å². The van der Waals surface area contributed by atoms with Crippen molar-refractivity contribution in [2.45, 2.75) is 37.9 Å². The predicted octanol–water partition coefficient (Wildman–Crippen LogP) is 1.69. The van der Waals surface area contributed by atoms with Crippen LogP contribution in [0, 0.1) is 0 Å². The highest BCUT2D eigenvalue weighted by Gasteiger charge is 2.27. The van der Waals surface area contributed by atoms with Crippen LogP contribution in [-0.2, 0) is 9.47 Å². The highest BCUT2D eigenvalue weighted by Crippen LogP contribution is 2.23. The molecule has 1 saturated carbocycles. The zero-order valence-corrected chi connectivity index (χ0v) is 7.51. The molecule has 0 aromatic rings. The fraction of sp³-hybridized carbons (Fsp3) is 0.750. The van der Waals surface area contributed by atoms with Crippen molar-refractivity contribution in [3.63, 3.8) is 0 Å². The zero-order valence-electron chi connectivity index (χ0n) is 7.51. The molecule has 80 valence electrons. The van der Waals surface area contributed by atoms with E-state index in [2.05, 4.69) is 9.47 Å². The summed E-state index contributed by atoms with van der Waals surface area (Å²) in [6, 6.07) is 0. The van der Waals surface area contributed by atoms with Crippen LogP contribution in [0.1, 0.15) is 25.7 Å². The first kappa shape index (κ1) is 10.6. The minimum atomic E-state index is -1.33. The Morgan fingerprint density at radius 1 is 1.00 bits per heavy atom. The van der Waals surface area contributed by atoms with Crippen LogP contribution in [0.15, 0.2) is 0 Å². The highest BCUT2D eigenvalue weighted by molar-refractivity contribution is 5.57. The molecule has 2 N–H and O–H groups in total. The Morgan fingerprint density at radius 3 is 1.79 bits per heavy atom. The molecule has 0 aliphatic heterocycles. The highest BCUT2D eigenvalue weighted by atomic mass is 16.7. The van der Waals surface area contributed by atoms with Gasteiger partial charge in [-0.3, -0.25) is 0 Å².